The lowest BCUT2D eigenvalue weighted by Gasteiger charge is -2.20. The third-order valence-electron chi connectivity index (χ3n) is 3.36. The first-order chi connectivity index (χ1) is 8.50. The molecule has 1 aromatic rings. The van der Waals surface area contributed by atoms with E-state index in [1.807, 2.05) is 6.92 Å². The molecule has 1 saturated heterocycles. The molecule has 1 aliphatic rings. The monoisotopic (exact) mass is 254 g/mol. The summed E-state index contributed by atoms with van der Waals surface area (Å²) in [5.74, 6) is 0.934. The van der Waals surface area contributed by atoms with Crippen LogP contribution in [0.15, 0.2) is 0 Å². The van der Waals surface area contributed by atoms with E-state index in [-0.39, 0.29) is 18.0 Å². The van der Waals surface area contributed by atoms with Crippen molar-refractivity contribution >= 4 is 11.6 Å². The summed E-state index contributed by atoms with van der Waals surface area (Å²) in [6, 6.07) is 0.0287. The van der Waals surface area contributed by atoms with E-state index in [9.17, 15) is 10.1 Å². The van der Waals surface area contributed by atoms with Crippen molar-refractivity contribution in [2.45, 2.75) is 38.8 Å². The molecular weight excluding hydrogens is 236 g/mol. The molecule has 7 heteroatoms. The second-order valence-electron chi connectivity index (χ2n) is 4.63. The molecule has 1 aromatic heterocycles. The van der Waals surface area contributed by atoms with E-state index in [0.29, 0.717) is 11.6 Å². The Morgan fingerprint density at radius 2 is 2.39 bits per heavy atom. The van der Waals surface area contributed by atoms with Gasteiger partial charge in [0, 0.05) is 20.6 Å². The second kappa shape index (κ2) is 4.93. The van der Waals surface area contributed by atoms with Gasteiger partial charge in [-0.2, -0.15) is 0 Å². The third kappa shape index (κ3) is 2.31. The predicted octanol–water partition coefficient (Wildman–Crippen LogP) is 1.62. The van der Waals surface area contributed by atoms with Gasteiger partial charge in [0.05, 0.1) is 12.1 Å². The van der Waals surface area contributed by atoms with E-state index in [4.69, 9.17) is 4.74 Å². The Bertz CT molecular complexity index is 451. The van der Waals surface area contributed by atoms with Crippen LogP contribution in [0.1, 0.15) is 25.6 Å². The molecule has 0 spiro atoms. The Kier molecular flexibility index (Phi) is 3.51. The molecule has 100 valence electrons. The molecule has 1 fully saturated rings. The van der Waals surface area contributed by atoms with Crippen LogP contribution in [0.4, 0.5) is 11.6 Å². The molecule has 0 saturated carbocycles. The van der Waals surface area contributed by atoms with Crippen LogP contribution in [0.2, 0.25) is 0 Å². The van der Waals surface area contributed by atoms with Crippen molar-refractivity contribution in [3.8, 4) is 0 Å². The molecule has 0 aromatic carbocycles. The zero-order valence-electron chi connectivity index (χ0n) is 10.8. The molecule has 2 atom stereocenters. The fourth-order valence-electron chi connectivity index (χ4n) is 2.19. The van der Waals surface area contributed by atoms with Crippen LogP contribution in [0.3, 0.4) is 0 Å². The summed E-state index contributed by atoms with van der Waals surface area (Å²) in [7, 11) is 1.76. The van der Waals surface area contributed by atoms with Crippen LogP contribution < -0.4 is 5.32 Å². The molecule has 2 unspecified atom stereocenters. The van der Waals surface area contributed by atoms with Gasteiger partial charge >= 0.3 is 5.82 Å². The number of aryl methyl sites for hydroxylation is 1. The van der Waals surface area contributed by atoms with Crippen LogP contribution in [-0.2, 0) is 11.8 Å². The van der Waals surface area contributed by atoms with Crippen LogP contribution in [0, 0.1) is 17.0 Å². The predicted molar refractivity (Wildman–Crippen MR) is 66.7 cm³/mol. The SMILES string of the molecule is Cc1nc([N+](=O)[O-])c(NC(C)C2CCCO2)n1C. The van der Waals surface area contributed by atoms with E-state index >= 15 is 0 Å². The minimum absolute atomic E-state index is 0.0287. The normalized spacial score (nSPS) is 20.9. The van der Waals surface area contributed by atoms with Crippen molar-refractivity contribution in [2.75, 3.05) is 11.9 Å². The summed E-state index contributed by atoms with van der Waals surface area (Å²) in [5.41, 5.74) is 0. The van der Waals surface area contributed by atoms with Crippen LogP contribution in [-0.4, -0.2) is 33.2 Å². The van der Waals surface area contributed by atoms with Crippen molar-refractivity contribution in [1.29, 1.82) is 0 Å². The second-order valence-corrected chi connectivity index (χ2v) is 4.63. The maximum Gasteiger partial charge on any atom is 0.406 e. The molecule has 7 nitrogen and oxygen atoms in total. The third-order valence-corrected chi connectivity index (χ3v) is 3.36. The highest BCUT2D eigenvalue weighted by atomic mass is 16.6. The average molecular weight is 254 g/mol. The van der Waals surface area contributed by atoms with Gasteiger partial charge in [0.25, 0.3) is 0 Å². The fourth-order valence-corrected chi connectivity index (χ4v) is 2.19. The molecule has 0 aliphatic carbocycles. The van der Waals surface area contributed by atoms with E-state index in [1.165, 1.54) is 0 Å². The van der Waals surface area contributed by atoms with E-state index in [1.54, 1.807) is 18.5 Å². The molecule has 2 rings (SSSR count). The summed E-state index contributed by atoms with van der Waals surface area (Å²) in [6.07, 6.45) is 2.14. The minimum atomic E-state index is -0.461. The Morgan fingerprint density at radius 3 is 2.94 bits per heavy atom. The first kappa shape index (κ1) is 12.8. The molecule has 0 bridgehead atoms. The summed E-state index contributed by atoms with van der Waals surface area (Å²) in [5, 5.41) is 14.1. The minimum Gasteiger partial charge on any atom is -0.376 e. The fraction of sp³-hybridized carbons (Fsp3) is 0.727. The van der Waals surface area contributed by atoms with Gasteiger partial charge in [0.1, 0.15) is 0 Å². The van der Waals surface area contributed by atoms with Gasteiger partial charge in [-0.15, -0.1) is 0 Å². The van der Waals surface area contributed by atoms with Gasteiger partial charge in [-0.05, 0) is 29.7 Å². The van der Waals surface area contributed by atoms with Gasteiger partial charge in [-0.1, -0.05) is 0 Å². The largest absolute Gasteiger partial charge is 0.406 e. The Balaban J connectivity index is 2.19. The molecular formula is C11H18N4O3. The van der Waals surface area contributed by atoms with Gasteiger partial charge in [0.15, 0.2) is 0 Å². The number of hydrogen-bond acceptors (Lipinski definition) is 5. The van der Waals surface area contributed by atoms with Crippen molar-refractivity contribution < 1.29 is 9.66 Å². The number of ether oxygens (including phenoxy) is 1. The van der Waals surface area contributed by atoms with Crippen LogP contribution in [0.5, 0.6) is 0 Å². The number of aromatic nitrogens is 2. The van der Waals surface area contributed by atoms with Crippen LogP contribution >= 0.6 is 0 Å². The number of imidazole rings is 1. The number of nitrogens with one attached hydrogen (secondary N) is 1. The van der Waals surface area contributed by atoms with Crippen LogP contribution in [0.25, 0.3) is 0 Å². The highest BCUT2D eigenvalue weighted by Crippen LogP contribution is 2.26. The highest BCUT2D eigenvalue weighted by Gasteiger charge is 2.28. The molecule has 1 N–H and O–H groups in total. The lowest BCUT2D eigenvalue weighted by atomic mass is 10.1. The van der Waals surface area contributed by atoms with E-state index in [0.717, 1.165) is 19.4 Å². The Hall–Kier alpha value is -1.63. The molecule has 2 heterocycles. The maximum absolute atomic E-state index is 10.9. The summed E-state index contributed by atoms with van der Waals surface area (Å²) in [6.45, 7) is 4.49. The first-order valence-electron chi connectivity index (χ1n) is 6.06. The molecule has 1 aliphatic heterocycles. The van der Waals surface area contributed by atoms with Gasteiger partial charge in [0.2, 0.25) is 11.6 Å². The van der Waals surface area contributed by atoms with Gasteiger partial charge < -0.3 is 20.2 Å². The first-order valence-corrected chi connectivity index (χ1v) is 6.06. The molecule has 0 radical (unpaired) electrons. The topological polar surface area (TPSA) is 82.2 Å². The quantitative estimate of drug-likeness (QED) is 0.652. The Morgan fingerprint density at radius 1 is 1.67 bits per heavy atom. The summed E-state index contributed by atoms with van der Waals surface area (Å²) >= 11 is 0. The zero-order valence-corrected chi connectivity index (χ0v) is 10.8. The average Bonchev–Trinajstić information content (AvgIpc) is 2.92. The molecule has 0 amide bonds. The standard InChI is InChI=1S/C11H18N4O3/c1-7(9-5-4-6-18-9)12-10-11(15(16)17)13-8(2)14(10)3/h7,9,12H,4-6H2,1-3H3. The van der Waals surface area contributed by atoms with Crippen molar-refractivity contribution in [2.24, 2.45) is 7.05 Å². The number of rotatable bonds is 4. The number of nitrogens with zero attached hydrogens (tertiary/aromatic N) is 3. The lowest BCUT2D eigenvalue weighted by Crippen LogP contribution is -2.31. The van der Waals surface area contributed by atoms with E-state index in [2.05, 4.69) is 10.3 Å². The van der Waals surface area contributed by atoms with Crippen molar-refractivity contribution in [1.82, 2.24) is 9.55 Å². The number of hydrogen-bond donors (Lipinski definition) is 1. The van der Waals surface area contributed by atoms with Crippen molar-refractivity contribution in [3.05, 3.63) is 15.9 Å². The smallest absolute Gasteiger partial charge is 0.376 e. The Labute approximate surface area is 105 Å². The van der Waals surface area contributed by atoms with Gasteiger partial charge in [-0.25, -0.2) is 0 Å². The lowest BCUT2D eigenvalue weighted by molar-refractivity contribution is -0.388. The summed E-state index contributed by atoms with van der Waals surface area (Å²) in [4.78, 5) is 14.4. The van der Waals surface area contributed by atoms with E-state index < -0.39 is 4.92 Å². The highest BCUT2D eigenvalue weighted by molar-refractivity contribution is 5.54. The molecule has 18 heavy (non-hydrogen) atoms. The number of nitro groups is 1. The summed E-state index contributed by atoms with van der Waals surface area (Å²) < 4.78 is 7.27. The van der Waals surface area contributed by atoms with Gasteiger partial charge in [-0.3, -0.25) is 4.57 Å². The zero-order chi connectivity index (χ0) is 13.3. The number of anilines is 1. The van der Waals surface area contributed by atoms with Crippen molar-refractivity contribution in [3.63, 3.8) is 0 Å². The maximum atomic E-state index is 10.9.